The summed E-state index contributed by atoms with van der Waals surface area (Å²) in [6.07, 6.45) is -3.20. The molecule has 1 aromatic rings. The third-order valence-corrected chi connectivity index (χ3v) is 2.28. The monoisotopic (exact) mass is 275 g/mol. The van der Waals surface area contributed by atoms with Crippen LogP contribution < -0.4 is 10.5 Å². The molecule has 0 radical (unpaired) electrons. The lowest BCUT2D eigenvalue weighted by Gasteiger charge is -2.10. The van der Waals surface area contributed by atoms with E-state index in [2.05, 4.69) is 4.74 Å². The molecule has 1 rings (SSSR count). The van der Waals surface area contributed by atoms with Crippen LogP contribution in [0, 0.1) is 0 Å². The maximum Gasteiger partial charge on any atom is 0.573 e. The maximum absolute atomic E-state index is 12.0. The second-order valence-electron chi connectivity index (χ2n) is 3.67. The number of alkyl halides is 3. The van der Waals surface area contributed by atoms with E-state index in [4.69, 9.17) is 10.8 Å². The van der Waals surface area contributed by atoms with E-state index in [1.165, 1.54) is 12.1 Å². The SMILES string of the molecule is CC/C(=C\c1ccc(OC(F)(F)F)cc1N)C(=O)O. The van der Waals surface area contributed by atoms with Crippen LogP contribution in [0.15, 0.2) is 23.8 Å². The van der Waals surface area contributed by atoms with E-state index in [0.29, 0.717) is 5.56 Å². The van der Waals surface area contributed by atoms with Gasteiger partial charge >= 0.3 is 12.3 Å². The number of anilines is 1. The Morgan fingerprint density at radius 1 is 1.47 bits per heavy atom. The summed E-state index contributed by atoms with van der Waals surface area (Å²) in [4.78, 5) is 10.8. The van der Waals surface area contributed by atoms with Gasteiger partial charge in [0.1, 0.15) is 5.75 Å². The molecule has 0 amide bonds. The molecule has 0 aliphatic rings. The highest BCUT2D eigenvalue weighted by molar-refractivity contribution is 5.93. The summed E-state index contributed by atoms with van der Waals surface area (Å²) in [6.45, 7) is 1.65. The molecule has 0 aliphatic carbocycles. The van der Waals surface area contributed by atoms with Gasteiger partial charge in [0.05, 0.1) is 0 Å². The molecule has 0 unspecified atom stereocenters. The minimum Gasteiger partial charge on any atom is -0.478 e. The van der Waals surface area contributed by atoms with E-state index in [9.17, 15) is 18.0 Å². The topological polar surface area (TPSA) is 72.5 Å². The summed E-state index contributed by atoms with van der Waals surface area (Å²) in [5, 5.41) is 8.85. The van der Waals surface area contributed by atoms with Gasteiger partial charge in [-0.3, -0.25) is 0 Å². The van der Waals surface area contributed by atoms with Crippen LogP contribution in [0.1, 0.15) is 18.9 Å². The molecule has 0 saturated heterocycles. The van der Waals surface area contributed by atoms with E-state index in [0.717, 1.165) is 12.1 Å². The predicted molar refractivity (Wildman–Crippen MR) is 63.4 cm³/mol. The molecule has 0 aliphatic heterocycles. The highest BCUT2D eigenvalue weighted by Gasteiger charge is 2.31. The molecule has 104 valence electrons. The van der Waals surface area contributed by atoms with Crippen LogP contribution in [0.3, 0.4) is 0 Å². The molecule has 0 saturated carbocycles. The van der Waals surface area contributed by atoms with Crippen molar-refractivity contribution in [3.8, 4) is 5.75 Å². The van der Waals surface area contributed by atoms with Crippen LogP contribution in [0.4, 0.5) is 18.9 Å². The molecule has 19 heavy (non-hydrogen) atoms. The number of carboxylic acids is 1. The fraction of sp³-hybridized carbons (Fsp3) is 0.250. The standard InChI is InChI=1S/C12H12F3NO3/c1-2-7(11(17)18)5-8-3-4-9(6-10(8)16)19-12(13,14)15/h3-6H,2,16H2,1H3,(H,17,18)/b7-5+. The van der Waals surface area contributed by atoms with Crippen molar-refractivity contribution in [1.29, 1.82) is 0 Å². The Bertz CT molecular complexity index is 509. The minimum absolute atomic E-state index is 0.00829. The number of hydrogen-bond acceptors (Lipinski definition) is 3. The summed E-state index contributed by atoms with van der Waals surface area (Å²) in [5.41, 5.74) is 6.00. The summed E-state index contributed by atoms with van der Waals surface area (Å²) < 4.78 is 39.7. The molecular weight excluding hydrogens is 263 g/mol. The Morgan fingerprint density at radius 2 is 2.11 bits per heavy atom. The Hall–Kier alpha value is -2.18. The number of carboxylic acid groups (broad SMARTS) is 1. The molecule has 1 aromatic carbocycles. The van der Waals surface area contributed by atoms with E-state index in [1.54, 1.807) is 6.92 Å². The van der Waals surface area contributed by atoms with Crippen molar-refractivity contribution >= 4 is 17.7 Å². The number of benzene rings is 1. The zero-order chi connectivity index (χ0) is 14.6. The molecule has 0 aromatic heterocycles. The van der Waals surface area contributed by atoms with Crippen molar-refractivity contribution in [2.45, 2.75) is 19.7 Å². The second-order valence-corrected chi connectivity index (χ2v) is 3.67. The fourth-order valence-electron chi connectivity index (χ4n) is 1.38. The first kappa shape index (κ1) is 14.9. The van der Waals surface area contributed by atoms with Gasteiger partial charge in [-0.15, -0.1) is 13.2 Å². The van der Waals surface area contributed by atoms with Crippen LogP contribution in [-0.2, 0) is 4.79 Å². The van der Waals surface area contributed by atoms with Crippen molar-refractivity contribution in [3.05, 3.63) is 29.3 Å². The molecular formula is C12H12F3NO3. The van der Waals surface area contributed by atoms with Gasteiger partial charge < -0.3 is 15.6 Å². The third kappa shape index (κ3) is 4.53. The molecule has 0 atom stereocenters. The smallest absolute Gasteiger partial charge is 0.478 e. The van der Waals surface area contributed by atoms with Crippen LogP contribution in [0.25, 0.3) is 6.08 Å². The molecule has 0 fully saturated rings. The molecule has 0 heterocycles. The number of rotatable bonds is 4. The molecule has 4 nitrogen and oxygen atoms in total. The van der Waals surface area contributed by atoms with Crippen molar-refractivity contribution in [2.75, 3.05) is 5.73 Å². The number of aliphatic carboxylic acids is 1. The lowest BCUT2D eigenvalue weighted by Crippen LogP contribution is -2.17. The van der Waals surface area contributed by atoms with Gasteiger partial charge in [-0.05, 0) is 30.2 Å². The molecule has 3 N–H and O–H groups in total. The van der Waals surface area contributed by atoms with E-state index in [1.807, 2.05) is 0 Å². The number of ether oxygens (including phenoxy) is 1. The molecule has 0 spiro atoms. The van der Waals surface area contributed by atoms with Crippen molar-refractivity contribution < 1.29 is 27.8 Å². The summed E-state index contributed by atoms with van der Waals surface area (Å²) >= 11 is 0. The predicted octanol–water partition coefficient (Wildman–Crippen LogP) is 3.05. The lowest BCUT2D eigenvalue weighted by atomic mass is 10.1. The van der Waals surface area contributed by atoms with Crippen molar-refractivity contribution in [3.63, 3.8) is 0 Å². The Balaban J connectivity index is 3.04. The Morgan fingerprint density at radius 3 is 2.53 bits per heavy atom. The number of halogens is 3. The molecule has 7 heteroatoms. The zero-order valence-electron chi connectivity index (χ0n) is 9.99. The normalized spacial score (nSPS) is 12.3. The van der Waals surface area contributed by atoms with Gasteiger partial charge in [0.15, 0.2) is 0 Å². The van der Waals surface area contributed by atoms with E-state index in [-0.39, 0.29) is 17.7 Å². The summed E-state index contributed by atoms with van der Waals surface area (Å²) in [5.74, 6) is -1.55. The number of nitrogens with two attached hydrogens (primary N) is 1. The third-order valence-electron chi connectivity index (χ3n) is 2.28. The first-order chi connectivity index (χ1) is 8.73. The largest absolute Gasteiger partial charge is 0.573 e. The average Bonchev–Trinajstić information content (AvgIpc) is 2.25. The molecule has 0 bridgehead atoms. The second kappa shape index (κ2) is 5.64. The van der Waals surface area contributed by atoms with Crippen LogP contribution in [0.5, 0.6) is 5.75 Å². The van der Waals surface area contributed by atoms with Gasteiger partial charge in [0.2, 0.25) is 0 Å². The van der Waals surface area contributed by atoms with Gasteiger partial charge in [-0.2, -0.15) is 0 Å². The van der Waals surface area contributed by atoms with Gasteiger partial charge in [0, 0.05) is 17.3 Å². The lowest BCUT2D eigenvalue weighted by molar-refractivity contribution is -0.274. The van der Waals surface area contributed by atoms with Crippen molar-refractivity contribution in [1.82, 2.24) is 0 Å². The Labute approximate surface area is 107 Å². The quantitative estimate of drug-likeness (QED) is 0.654. The van der Waals surface area contributed by atoms with Gasteiger partial charge in [0.25, 0.3) is 0 Å². The van der Waals surface area contributed by atoms with Crippen LogP contribution in [0.2, 0.25) is 0 Å². The maximum atomic E-state index is 12.0. The Kier molecular flexibility index (Phi) is 4.42. The first-order valence-corrected chi connectivity index (χ1v) is 5.32. The number of hydrogen-bond donors (Lipinski definition) is 2. The first-order valence-electron chi connectivity index (χ1n) is 5.32. The minimum atomic E-state index is -4.79. The number of nitrogen functional groups attached to an aromatic ring is 1. The highest BCUT2D eigenvalue weighted by Crippen LogP contribution is 2.27. The highest BCUT2D eigenvalue weighted by atomic mass is 19.4. The van der Waals surface area contributed by atoms with Crippen LogP contribution in [-0.4, -0.2) is 17.4 Å². The van der Waals surface area contributed by atoms with E-state index >= 15 is 0 Å². The van der Waals surface area contributed by atoms with Crippen molar-refractivity contribution in [2.24, 2.45) is 0 Å². The van der Waals surface area contributed by atoms with Gasteiger partial charge in [-0.1, -0.05) is 6.92 Å². The van der Waals surface area contributed by atoms with Gasteiger partial charge in [-0.25, -0.2) is 4.79 Å². The summed E-state index contributed by atoms with van der Waals surface area (Å²) in [6, 6.07) is 3.34. The van der Waals surface area contributed by atoms with E-state index < -0.39 is 18.1 Å². The van der Waals surface area contributed by atoms with Crippen LogP contribution >= 0.6 is 0 Å². The zero-order valence-corrected chi connectivity index (χ0v) is 9.99. The average molecular weight is 275 g/mol. The summed E-state index contributed by atoms with van der Waals surface area (Å²) in [7, 11) is 0. The fourth-order valence-corrected chi connectivity index (χ4v) is 1.38. The number of carbonyl (C=O) groups is 1.